The number of nitrogens with zero attached hydrogens (tertiary/aromatic N) is 5. The summed E-state index contributed by atoms with van der Waals surface area (Å²) in [5.41, 5.74) is 3.42. The number of piperidine rings is 1. The van der Waals surface area contributed by atoms with Gasteiger partial charge in [0.2, 0.25) is 5.91 Å². The Hall–Kier alpha value is -2.50. The SMILES string of the molecule is CCC(=O)N1CCC[C@@H](c2nc(C)c3c(n2)N(Cc2ccccn2)CCC3)C1. The molecule has 0 spiro atoms. The van der Waals surface area contributed by atoms with Gasteiger partial charge in [-0.25, -0.2) is 9.97 Å². The van der Waals surface area contributed by atoms with E-state index in [1.165, 1.54) is 5.56 Å². The van der Waals surface area contributed by atoms with Gasteiger partial charge >= 0.3 is 0 Å². The molecule has 6 nitrogen and oxygen atoms in total. The lowest BCUT2D eigenvalue weighted by atomic mass is 9.95. The van der Waals surface area contributed by atoms with E-state index >= 15 is 0 Å². The second-order valence-electron chi connectivity index (χ2n) is 7.85. The number of likely N-dealkylation sites (tertiary alicyclic amines) is 1. The average molecular weight is 380 g/mol. The normalized spacial score (nSPS) is 19.4. The van der Waals surface area contributed by atoms with Crippen LogP contribution in [0.1, 0.15) is 61.3 Å². The summed E-state index contributed by atoms with van der Waals surface area (Å²) < 4.78 is 0. The lowest BCUT2D eigenvalue weighted by Crippen LogP contribution is -2.39. The molecule has 1 atom stereocenters. The van der Waals surface area contributed by atoms with Gasteiger partial charge in [0, 0.05) is 49.4 Å². The number of amides is 1. The molecule has 1 amide bonds. The maximum Gasteiger partial charge on any atom is 0.222 e. The highest BCUT2D eigenvalue weighted by atomic mass is 16.2. The summed E-state index contributed by atoms with van der Waals surface area (Å²) in [6.45, 7) is 7.40. The van der Waals surface area contributed by atoms with Crippen LogP contribution in [0.4, 0.5) is 5.82 Å². The minimum atomic E-state index is 0.229. The average Bonchev–Trinajstić information content (AvgIpc) is 2.74. The van der Waals surface area contributed by atoms with Gasteiger partial charge in [0.1, 0.15) is 11.6 Å². The van der Waals surface area contributed by atoms with Crippen molar-refractivity contribution in [3.63, 3.8) is 0 Å². The number of carbonyl (C=O) groups excluding carboxylic acids is 1. The van der Waals surface area contributed by atoms with Crippen molar-refractivity contribution < 1.29 is 4.79 Å². The largest absolute Gasteiger partial charge is 0.350 e. The summed E-state index contributed by atoms with van der Waals surface area (Å²) in [5.74, 6) is 2.43. The lowest BCUT2D eigenvalue weighted by Gasteiger charge is -2.34. The number of fused-ring (bicyclic) bond motifs is 1. The molecule has 148 valence electrons. The van der Waals surface area contributed by atoms with E-state index in [9.17, 15) is 4.79 Å². The van der Waals surface area contributed by atoms with Crippen LogP contribution in [0.15, 0.2) is 24.4 Å². The minimum absolute atomic E-state index is 0.229. The number of pyridine rings is 1. The topological polar surface area (TPSA) is 62.2 Å². The predicted molar refractivity (Wildman–Crippen MR) is 109 cm³/mol. The van der Waals surface area contributed by atoms with Crippen LogP contribution in [-0.4, -0.2) is 45.4 Å². The summed E-state index contributed by atoms with van der Waals surface area (Å²) >= 11 is 0. The molecule has 0 bridgehead atoms. The molecule has 0 unspecified atom stereocenters. The zero-order valence-electron chi connectivity index (χ0n) is 16.9. The van der Waals surface area contributed by atoms with E-state index in [1.807, 2.05) is 30.2 Å². The smallest absolute Gasteiger partial charge is 0.222 e. The maximum absolute atomic E-state index is 12.2. The van der Waals surface area contributed by atoms with Gasteiger partial charge in [-0.15, -0.1) is 0 Å². The van der Waals surface area contributed by atoms with Gasteiger partial charge in [0.25, 0.3) is 0 Å². The van der Waals surface area contributed by atoms with Gasteiger partial charge < -0.3 is 9.80 Å². The highest BCUT2D eigenvalue weighted by Gasteiger charge is 2.29. The monoisotopic (exact) mass is 379 g/mol. The molecular weight excluding hydrogens is 350 g/mol. The third kappa shape index (κ3) is 3.86. The highest BCUT2D eigenvalue weighted by Crippen LogP contribution is 2.32. The van der Waals surface area contributed by atoms with Crippen LogP contribution in [0.3, 0.4) is 0 Å². The fraction of sp³-hybridized carbons (Fsp3) is 0.545. The van der Waals surface area contributed by atoms with Crippen LogP contribution in [0.2, 0.25) is 0 Å². The zero-order valence-corrected chi connectivity index (χ0v) is 16.9. The second-order valence-corrected chi connectivity index (χ2v) is 7.85. The number of carbonyl (C=O) groups is 1. The van der Waals surface area contributed by atoms with Crippen molar-refractivity contribution in [1.82, 2.24) is 19.9 Å². The minimum Gasteiger partial charge on any atom is -0.350 e. The number of rotatable bonds is 4. The second kappa shape index (κ2) is 8.25. The summed E-state index contributed by atoms with van der Waals surface area (Å²) in [7, 11) is 0. The van der Waals surface area contributed by atoms with Crippen LogP contribution in [0, 0.1) is 6.92 Å². The van der Waals surface area contributed by atoms with E-state index in [0.29, 0.717) is 6.42 Å². The zero-order chi connectivity index (χ0) is 19.5. The number of aromatic nitrogens is 3. The van der Waals surface area contributed by atoms with Crippen LogP contribution in [0.5, 0.6) is 0 Å². The predicted octanol–water partition coefficient (Wildman–Crippen LogP) is 3.25. The molecule has 0 aromatic carbocycles. The van der Waals surface area contributed by atoms with Crippen LogP contribution in [-0.2, 0) is 17.8 Å². The van der Waals surface area contributed by atoms with Crippen molar-refractivity contribution in [1.29, 1.82) is 0 Å². The van der Waals surface area contributed by atoms with Crippen molar-refractivity contribution in [2.45, 2.75) is 58.4 Å². The fourth-order valence-electron chi connectivity index (χ4n) is 4.37. The third-order valence-electron chi connectivity index (χ3n) is 5.88. The standard InChI is InChI=1S/C22H29N5O/c1-3-20(28)26-12-6-8-17(14-26)21-24-16(2)19-10-7-13-27(22(19)25-21)15-18-9-4-5-11-23-18/h4-5,9,11,17H,3,6-8,10,12-15H2,1-2H3/t17-/m1/s1. The first-order chi connectivity index (χ1) is 13.7. The van der Waals surface area contributed by atoms with E-state index in [1.54, 1.807) is 0 Å². The molecule has 2 aliphatic rings. The summed E-state index contributed by atoms with van der Waals surface area (Å²) in [6, 6.07) is 6.05. The lowest BCUT2D eigenvalue weighted by molar-refractivity contribution is -0.132. The Bertz CT molecular complexity index is 838. The van der Waals surface area contributed by atoms with Crippen molar-refractivity contribution in [2.24, 2.45) is 0 Å². The molecule has 1 saturated heterocycles. The summed E-state index contributed by atoms with van der Waals surface area (Å²) in [6.07, 6.45) is 6.63. The number of anilines is 1. The van der Waals surface area contributed by atoms with Crippen molar-refractivity contribution >= 4 is 11.7 Å². The van der Waals surface area contributed by atoms with Crippen molar-refractivity contribution in [3.05, 3.63) is 47.2 Å². The van der Waals surface area contributed by atoms with E-state index in [4.69, 9.17) is 9.97 Å². The van der Waals surface area contributed by atoms with Gasteiger partial charge in [-0.2, -0.15) is 0 Å². The van der Waals surface area contributed by atoms with Crippen LogP contribution < -0.4 is 4.90 Å². The molecular formula is C22H29N5O. The van der Waals surface area contributed by atoms with E-state index < -0.39 is 0 Å². The molecule has 0 saturated carbocycles. The van der Waals surface area contributed by atoms with Crippen LogP contribution in [0.25, 0.3) is 0 Å². The number of hydrogen-bond acceptors (Lipinski definition) is 5. The Morgan fingerprint density at radius 1 is 1.21 bits per heavy atom. The molecule has 2 aromatic heterocycles. The van der Waals surface area contributed by atoms with E-state index in [0.717, 1.165) is 74.9 Å². The first kappa shape index (κ1) is 18.8. The molecule has 4 rings (SSSR count). The maximum atomic E-state index is 12.2. The van der Waals surface area contributed by atoms with Gasteiger partial charge in [-0.1, -0.05) is 13.0 Å². The fourth-order valence-corrected chi connectivity index (χ4v) is 4.37. The van der Waals surface area contributed by atoms with Crippen LogP contribution >= 0.6 is 0 Å². The summed E-state index contributed by atoms with van der Waals surface area (Å²) in [5, 5.41) is 0. The molecule has 6 heteroatoms. The van der Waals surface area contributed by atoms with Crippen molar-refractivity contribution in [3.8, 4) is 0 Å². The van der Waals surface area contributed by atoms with E-state index in [-0.39, 0.29) is 11.8 Å². The molecule has 2 aliphatic heterocycles. The van der Waals surface area contributed by atoms with Gasteiger partial charge in [0.15, 0.2) is 0 Å². The van der Waals surface area contributed by atoms with Gasteiger partial charge in [-0.05, 0) is 44.7 Å². The molecule has 2 aromatic rings. The first-order valence-electron chi connectivity index (χ1n) is 10.5. The number of aryl methyl sites for hydroxylation is 1. The Balaban J connectivity index is 1.61. The Kier molecular flexibility index (Phi) is 5.55. The van der Waals surface area contributed by atoms with Crippen molar-refractivity contribution in [2.75, 3.05) is 24.5 Å². The quantitative estimate of drug-likeness (QED) is 0.816. The Labute approximate surface area is 167 Å². The molecule has 4 heterocycles. The van der Waals surface area contributed by atoms with Gasteiger partial charge in [-0.3, -0.25) is 9.78 Å². The molecule has 1 fully saturated rings. The molecule has 28 heavy (non-hydrogen) atoms. The number of hydrogen-bond donors (Lipinski definition) is 0. The molecule has 0 radical (unpaired) electrons. The molecule has 0 N–H and O–H groups in total. The van der Waals surface area contributed by atoms with Gasteiger partial charge in [0.05, 0.1) is 12.2 Å². The Morgan fingerprint density at radius 2 is 2.11 bits per heavy atom. The first-order valence-corrected chi connectivity index (χ1v) is 10.5. The highest BCUT2D eigenvalue weighted by molar-refractivity contribution is 5.76. The Morgan fingerprint density at radius 3 is 2.89 bits per heavy atom. The van der Waals surface area contributed by atoms with E-state index in [2.05, 4.69) is 22.9 Å². The third-order valence-corrected chi connectivity index (χ3v) is 5.88. The molecule has 0 aliphatic carbocycles. The summed E-state index contributed by atoms with van der Waals surface area (Å²) in [4.78, 5) is 30.9.